The summed E-state index contributed by atoms with van der Waals surface area (Å²) in [6.07, 6.45) is 3.97. The molecule has 3 heterocycles. The summed E-state index contributed by atoms with van der Waals surface area (Å²) in [6.45, 7) is 1.72. The van der Waals surface area contributed by atoms with Crippen molar-refractivity contribution in [1.29, 1.82) is 0 Å². The molecule has 0 aliphatic carbocycles. The predicted molar refractivity (Wildman–Crippen MR) is 106 cm³/mol. The fourth-order valence-corrected chi connectivity index (χ4v) is 3.26. The van der Waals surface area contributed by atoms with Crippen molar-refractivity contribution in [2.45, 2.75) is 19.4 Å². The number of hydrogen-bond acceptors (Lipinski definition) is 4. The molecule has 0 saturated carbocycles. The van der Waals surface area contributed by atoms with Crippen molar-refractivity contribution in [3.05, 3.63) is 94.1 Å². The monoisotopic (exact) mass is 373 g/mol. The van der Waals surface area contributed by atoms with Gasteiger partial charge in [-0.1, -0.05) is 24.3 Å². The second-order valence-electron chi connectivity index (χ2n) is 6.56. The summed E-state index contributed by atoms with van der Waals surface area (Å²) in [5, 5.41) is 4.05. The summed E-state index contributed by atoms with van der Waals surface area (Å²) in [5.41, 5.74) is 2.62. The molecule has 3 aromatic heterocycles. The Kier molecular flexibility index (Phi) is 4.72. The predicted octanol–water partition coefficient (Wildman–Crippen LogP) is 2.67. The second kappa shape index (κ2) is 7.48. The van der Waals surface area contributed by atoms with Gasteiger partial charge in [-0.2, -0.15) is 0 Å². The van der Waals surface area contributed by atoms with E-state index in [1.54, 1.807) is 31.3 Å². The van der Waals surface area contributed by atoms with E-state index in [1.807, 2.05) is 30.5 Å². The molecule has 7 nitrogen and oxygen atoms in total. The van der Waals surface area contributed by atoms with Gasteiger partial charge in [0, 0.05) is 35.8 Å². The van der Waals surface area contributed by atoms with Gasteiger partial charge in [0.05, 0.1) is 11.7 Å². The van der Waals surface area contributed by atoms with Gasteiger partial charge in [0.15, 0.2) is 0 Å². The molecule has 0 saturated heterocycles. The third kappa shape index (κ3) is 3.68. The van der Waals surface area contributed by atoms with Crippen LogP contribution in [0.2, 0.25) is 0 Å². The number of carbonyl (C=O) groups excluding carboxylic acids is 1. The Hall–Kier alpha value is -3.74. The number of H-pyrrole nitrogens is 2. The highest BCUT2D eigenvalue weighted by atomic mass is 16.2. The number of nitrogens with zero attached hydrogens (tertiary/aromatic N) is 2. The van der Waals surface area contributed by atoms with E-state index >= 15 is 0 Å². The Bertz CT molecular complexity index is 1180. The number of nitrogens with one attached hydrogen (secondary N) is 3. The maximum absolute atomic E-state index is 12.7. The van der Waals surface area contributed by atoms with Crippen LogP contribution in [0.25, 0.3) is 10.9 Å². The van der Waals surface area contributed by atoms with E-state index in [9.17, 15) is 9.59 Å². The first-order valence-electron chi connectivity index (χ1n) is 8.95. The molecule has 0 aliphatic heterocycles. The van der Waals surface area contributed by atoms with Crippen LogP contribution in [-0.4, -0.2) is 25.8 Å². The van der Waals surface area contributed by atoms with Crippen LogP contribution in [0.5, 0.6) is 0 Å². The minimum Gasteiger partial charge on any atom is -0.361 e. The maximum atomic E-state index is 12.7. The van der Waals surface area contributed by atoms with Crippen molar-refractivity contribution < 1.29 is 4.79 Å². The molecule has 7 heteroatoms. The molecule has 1 atom stereocenters. The second-order valence-corrected chi connectivity index (χ2v) is 6.56. The van der Waals surface area contributed by atoms with Gasteiger partial charge in [0.25, 0.3) is 11.5 Å². The van der Waals surface area contributed by atoms with Crippen molar-refractivity contribution in [2.75, 3.05) is 0 Å². The number of pyridine rings is 1. The zero-order valence-corrected chi connectivity index (χ0v) is 15.3. The van der Waals surface area contributed by atoms with Crippen LogP contribution in [0.4, 0.5) is 0 Å². The Morgan fingerprint density at radius 2 is 2.00 bits per heavy atom. The number of aryl methyl sites for hydroxylation is 1. The van der Waals surface area contributed by atoms with Crippen LogP contribution < -0.4 is 10.9 Å². The SMILES string of the molecule is Cc1nc([C@@H](Cc2c[nH]c3ccccc23)NC(=O)c2ccccn2)cc(=O)[nH]1. The van der Waals surface area contributed by atoms with E-state index < -0.39 is 6.04 Å². The van der Waals surface area contributed by atoms with Crippen LogP contribution in [0, 0.1) is 6.92 Å². The number of aromatic nitrogens is 4. The highest BCUT2D eigenvalue weighted by molar-refractivity contribution is 5.92. The van der Waals surface area contributed by atoms with Crippen LogP contribution >= 0.6 is 0 Å². The highest BCUT2D eigenvalue weighted by Gasteiger charge is 2.20. The standard InChI is InChI=1S/C21H19N5O2/c1-13-24-19(11-20(27)25-13)18(26-21(28)17-8-4-5-9-22-17)10-14-12-23-16-7-3-2-6-15(14)16/h2-9,11-12,18,23H,10H2,1H3,(H,26,28)(H,24,25,27)/t18-/m1/s1. The number of rotatable bonds is 5. The zero-order chi connectivity index (χ0) is 19.5. The number of benzene rings is 1. The van der Waals surface area contributed by atoms with Gasteiger partial charge in [-0.3, -0.25) is 14.6 Å². The van der Waals surface area contributed by atoms with E-state index in [1.165, 1.54) is 6.07 Å². The Morgan fingerprint density at radius 1 is 1.18 bits per heavy atom. The lowest BCUT2D eigenvalue weighted by Gasteiger charge is -2.18. The largest absolute Gasteiger partial charge is 0.361 e. The van der Waals surface area contributed by atoms with Gasteiger partial charge in [-0.15, -0.1) is 0 Å². The average Bonchev–Trinajstić information content (AvgIpc) is 3.10. The van der Waals surface area contributed by atoms with Gasteiger partial charge >= 0.3 is 0 Å². The minimum absolute atomic E-state index is 0.251. The van der Waals surface area contributed by atoms with E-state index in [2.05, 4.69) is 25.3 Å². The summed E-state index contributed by atoms with van der Waals surface area (Å²) in [4.78, 5) is 39.1. The molecule has 0 spiro atoms. The molecule has 0 aliphatic rings. The lowest BCUT2D eigenvalue weighted by atomic mass is 10.0. The molecule has 4 rings (SSSR count). The molecule has 3 N–H and O–H groups in total. The molecule has 0 bridgehead atoms. The van der Waals surface area contributed by atoms with Crippen LogP contribution in [0.3, 0.4) is 0 Å². The fraction of sp³-hybridized carbons (Fsp3) is 0.143. The molecule has 140 valence electrons. The molecule has 0 radical (unpaired) electrons. The first-order chi connectivity index (χ1) is 13.6. The van der Waals surface area contributed by atoms with Crippen molar-refractivity contribution in [2.24, 2.45) is 0 Å². The topological polar surface area (TPSA) is 104 Å². The van der Waals surface area contributed by atoms with E-state index in [0.29, 0.717) is 23.6 Å². The number of hydrogen-bond donors (Lipinski definition) is 3. The molecule has 0 fully saturated rings. The van der Waals surface area contributed by atoms with Gasteiger partial charge < -0.3 is 15.3 Å². The van der Waals surface area contributed by atoms with Crippen molar-refractivity contribution in [3.8, 4) is 0 Å². The molecule has 1 amide bonds. The summed E-state index contributed by atoms with van der Waals surface area (Å²) in [5.74, 6) is 0.184. The third-order valence-corrected chi connectivity index (χ3v) is 4.54. The molecule has 0 unspecified atom stereocenters. The lowest BCUT2D eigenvalue weighted by Crippen LogP contribution is -2.32. The number of para-hydroxylation sites is 1. The average molecular weight is 373 g/mol. The van der Waals surface area contributed by atoms with E-state index in [4.69, 9.17) is 0 Å². The van der Waals surface area contributed by atoms with E-state index in [-0.39, 0.29) is 11.5 Å². The fourth-order valence-electron chi connectivity index (χ4n) is 3.26. The molecule has 4 aromatic rings. The Balaban J connectivity index is 1.70. The Morgan fingerprint density at radius 3 is 2.79 bits per heavy atom. The quantitative estimate of drug-likeness (QED) is 0.500. The first-order valence-corrected chi connectivity index (χ1v) is 8.95. The van der Waals surface area contributed by atoms with Gasteiger partial charge in [0.2, 0.25) is 0 Å². The third-order valence-electron chi connectivity index (χ3n) is 4.54. The van der Waals surface area contributed by atoms with Gasteiger partial charge in [0.1, 0.15) is 11.5 Å². The van der Waals surface area contributed by atoms with Gasteiger partial charge in [-0.05, 0) is 30.7 Å². The van der Waals surface area contributed by atoms with Gasteiger partial charge in [-0.25, -0.2) is 4.98 Å². The summed E-state index contributed by atoms with van der Waals surface area (Å²) >= 11 is 0. The van der Waals surface area contributed by atoms with Crippen LogP contribution in [0.1, 0.15) is 33.6 Å². The molecule has 28 heavy (non-hydrogen) atoms. The zero-order valence-electron chi connectivity index (χ0n) is 15.3. The normalized spacial score (nSPS) is 12.0. The lowest BCUT2D eigenvalue weighted by molar-refractivity contribution is 0.0930. The molecule has 1 aromatic carbocycles. The molecular formula is C21H19N5O2. The van der Waals surface area contributed by atoms with Crippen molar-refractivity contribution in [1.82, 2.24) is 25.3 Å². The number of amides is 1. The van der Waals surface area contributed by atoms with E-state index in [0.717, 1.165) is 16.5 Å². The van der Waals surface area contributed by atoms with Crippen molar-refractivity contribution >= 4 is 16.8 Å². The van der Waals surface area contributed by atoms with Crippen LogP contribution in [-0.2, 0) is 6.42 Å². The number of fused-ring (bicyclic) bond motifs is 1. The minimum atomic E-state index is -0.477. The van der Waals surface area contributed by atoms with Crippen LogP contribution in [0.15, 0.2) is 65.7 Å². The number of aromatic amines is 2. The molecular weight excluding hydrogens is 354 g/mol. The van der Waals surface area contributed by atoms with Crippen molar-refractivity contribution in [3.63, 3.8) is 0 Å². The summed E-state index contributed by atoms with van der Waals surface area (Å²) in [7, 11) is 0. The summed E-state index contributed by atoms with van der Waals surface area (Å²) < 4.78 is 0. The summed E-state index contributed by atoms with van der Waals surface area (Å²) in [6, 6.07) is 14.1. The Labute approximate surface area is 160 Å². The number of carbonyl (C=O) groups is 1. The first kappa shape index (κ1) is 17.7. The maximum Gasteiger partial charge on any atom is 0.270 e. The smallest absolute Gasteiger partial charge is 0.270 e. The highest BCUT2D eigenvalue weighted by Crippen LogP contribution is 2.23.